The van der Waals surface area contributed by atoms with Gasteiger partial charge in [-0.05, 0) is 13.8 Å². The van der Waals surface area contributed by atoms with E-state index in [2.05, 4.69) is 4.90 Å². The van der Waals surface area contributed by atoms with Crippen LogP contribution in [0.2, 0.25) is 0 Å². The van der Waals surface area contributed by atoms with E-state index in [4.69, 9.17) is 28.4 Å². The summed E-state index contributed by atoms with van der Waals surface area (Å²) >= 11 is 0. The molecule has 1 aromatic carbocycles. The van der Waals surface area contributed by atoms with Gasteiger partial charge in [0.15, 0.2) is 0 Å². The van der Waals surface area contributed by atoms with Crippen LogP contribution in [0.3, 0.4) is 0 Å². The van der Waals surface area contributed by atoms with Gasteiger partial charge in [-0.15, -0.1) is 0 Å². The van der Waals surface area contributed by atoms with Crippen LogP contribution in [0.5, 0.6) is 11.5 Å². The van der Waals surface area contributed by atoms with Gasteiger partial charge in [-0.25, -0.2) is 9.59 Å². The fraction of sp³-hybridized carbons (Fsp3) is 0.545. The van der Waals surface area contributed by atoms with Crippen molar-refractivity contribution in [2.45, 2.75) is 13.8 Å². The van der Waals surface area contributed by atoms with Crippen LogP contribution in [0.15, 0.2) is 23.4 Å². The third kappa shape index (κ3) is 4.91. The van der Waals surface area contributed by atoms with Crippen LogP contribution >= 0.6 is 0 Å². The van der Waals surface area contributed by atoms with Gasteiger partial charge < -0.3 is 38.2 Å². The summed E-state index contributed by atoms with van der Waals surface area (Å²) < 4.78 is 32.8. The number of esters is 2. The molecule has 0 amide bonds. The lowest BCUT2D eigenvalue weighted by molar-refractivity contribution is -0.140. The molecule has 0 saturated carbocycles. The second kappa shape index (κ2) is 11.1. The number of rotatable bonds is 8. The maximum atomic E-state index is 12.7. The first-order valence-electron chi connectivity index (χ1n) is 10.6. The van der Waals surface area contributed by atoms with E-state index in [9.17, 15) is 9.59 Å². The minimum absolute atomic E-state index is 0.0213. The molecule has 2 aliphatic heterocycles. The summed E-state index contributed by atoms with van der Waals surface area (Å²) in [4.78, 5) is 28.8. The number of hydrogen-bond donors (Lipinski definition) is 0. The van der Waals surface area contributed by atoms with Crippen molar-refractivity contribution in [2.24, 2.45) is 0 Å². The number of carbonyl (C=O) groups excluding carboxylic acids is 2. The molecule has 0 aromatic heterocycles. The minimum Gasteiger partial charge on any atom is -0.492 e. The Balaban J connectivity index is 2.16. The van der Waals surface area contributed by atoms with E-state index in [1.807, 2.05) is 19.9 Å². The molecule has 3 rings (SSSR count). The van der Waals surface area contributed by atoms with Crippen LogP contribution in [0.25, 0.3) is 0 Å². The maximum absolute atomic E-state index is 12.7. The Bertz CT molecular complexity index is 864. The van der Waals surface area contributed by atoms with Crippen LogP contribution in [0.4, 0.5) is 11.4 Å². The highest BCUT2D eigenvalue weighted by Crippen LogP contribution is 2.43. The second-order valence-corrected chi connectivity index (χ2v) is 6.97. The van der Waals surface area contributed by atoms with Crippen molar-refractivity contribution in [3.63, 3.8) is 0 Å². The fourth-order valence-corrected chi connectivity index (χ4v) is 3.68. The molecule has 0 unspecified atom stereocenters. The Kier molecular flexibility index (Phi) is 8.18. The normalized spacial score (nSPS) is 16.6. The van der Waals surface area contributed by atoms with Crippen molar-refractivity contribution in [2.75, 3.05) is 76.9 Å². The number of anilines is 2. The number of nitrogens with zero attached hydrogens (tertiary/aromatic N) is 2. The van der Waals surface area contributed by atoms with Crippen molar-refractivity contribution in [1.29, 1.82) is 0 Å². The molecular weight excluding hydrogens is 420 g/mol. The number of benzene rings is 1. The Hall–Kier alpha value is -2.98. The van der Waals surface area contributed by atoms with Crippen molar-refractivity contribution >= 4 is 23.3 Å². The van der Waals surface area contributed by atoms with Crippen LogP contribution < -0.4 is 19.3 Å². The molecule has 176 valence electrons. The summed E-state index contributed by atoms with van der Waals surface area (Å²) in [5, 5.41) is 0. The highest BCUT2D eigenvalue weighted by atomic mass is 16.5. The molecule has 0 radical (unpaired) electrons. The van der Waals surface area contributed by atoms with E-state index in [1.54, 1.807) is 11.0 Å². The number of methoxy groups -OCH3 is 2. The largest absolute Gasteiger partial charge is 0.492 e. The number of ether oxygens (including phenoxy) is 6. The van der Waals surface area contributed by atoms with Crippen LogP contribution in [-0.4, -0.2) is 79.0 Å². The van der Waals surface area contributed by atoms with Gasteiger partial charge in [0, 0.05) is 25.2 Å². The summed E-state index contributed by atoms with van der Waals surface area (Å²) in [6, 6.07) is 3.68. The van der Waals surface area contributed by atoms with Crippen LogP contribution in [-0.2, 0) is 28.5 Å². The average molecular weight is 450 g/mol. The fourth-order valence-electron chi connectivity index (χ4n) is 3.68. The van der Waals surface area contributed by atoms with Crippen molar-refractivity contribution in [3.8, 4) is 11.5 Å². The molecule has 1 aromatic rings. The molecule has 0 N–H and O–H groups in total. The zero-order valence-corrected chi connectivity index (χ0v) is 19.0. The van der Waals surface area contributed by atoms with Crippen molar-refractivity contribution in [1.82, 2.24) is 0 Å². The van der Waals surface area contributed by atoms with Gasteiger partial charge >= 0.3 is 11.9 Å². The molecule has 32 heavy (non-hydrogen) atoms. The predicted octanol–water partition coefficient (Wildman–Crippen LogP) is 1.71. The lowest BCUT2D eigenvalue weighted by Crippen LogP contribution is -2.39. The summed E-state index contributed by atoms with van der Waals surface area (Å²) in [5.74, 6) is -0.190. The molecule has 0 bridgehead atoms. The highest BCUT2D eigenvalue weighted by Gasteiger charge is 2.34. The smallest absolute Gasteiger partial charge is 0.355 e. The van der Waals surface area contributed by atoms with Gasteiger partial charge in [0.2, 0.25) is 0 Å². The van der Waals surface area contributed by atoms with Crippen molar-refractivity contribution < 1.29 is 38.0 Å². The Labute approximate surface area is 187 Å². The number of carbonyl (C=O) groups is 2. The molecule has 2 heterocycles. The van der Waals surface area contributed by atoms with Gasteiger partial charge in [-0.1, -0.05) is 0 Å². The molecule has 2 aliphatic rings. The zero-order valence-electron chi connectivity index (χ0n) is 19.0. The first-order chi connectivity index (χ1) is 15.5. The molecule has 0 spiro atoms. The average Bonchev–Trinajstić information content (AvgIpc) is 2.84. The van der Waals surface area contributed by atoms with Gasteiger partial charge in [0.1, 0.15) is 23.9 Å². The first-order valence-corrected chi connectivity index (χ1v) is 10.6. The number of morpholine rings is 1. The van der Waals surface area contributed by atoms with E-state index in [0.717, 1.165) is 18.8 Å². The molecule has 10 heteroatoms. The molecule has 1 fully saturated rings. The van der Waals surface area contributed by atoms with Gasteiger partial charge in [0.05, 0.1) is 64.2 Å². The quantitative estimate of drug-likeness (QED) is 0.545. The van der Waals surface area contributed by atoms with E-state index < -0.39 is 11.9 Å². The van der Waals surface area contributed by atoms with E-state index in [-0.39, 0.29) is 24.6 Å². The third-order valence-electron chi connectivity index (χ3n) is 5.12. The molecule has 0 atom stereocenters. The lowest BCUT2D eigenvalue weighted by atomic mass is 10.1. The first kappa shape index (κ1) is 23.7. The molecule has 1 saturated heterocycles. The van der Waals surface area contributed by atoms with Crippen LogP contribution in [0, 0.1) is 0 Å². The van der Waals surface area contributed by atoms with Gasteiger partial charge in [-0.2, -0.15) is 0 Å². The topological polar surface area (TPSA) is 96.0 Å². The maximum Gasteiger partial charge on any atom is 0.355 e. The molecule has 0 aliphatic carbocycles. The number of hydrogen-bond acceptors (Lipinski definition) is 10. The summed E-state index contributed by atoms with van der Waals surface area (Å²) in [6.07, 6.45) is 0. The van der Waals surface area contributed by atoms with Crippen molar-refractivity contribution in [3.05, 3.63) is 23.4 Å². The standard InChI is InChI=1S/C22H30N2O8/c1-5-31-18-12-17(19(32-6-2)11-16(18)23-7-9-29-10-8-23)24-14-30-13-15(21(25)27-3)20(24)22(26)28-4/h11-12H,5-10,13-14H2,1-4H3. The summed E-state index contributed by atoms with van der Waals surface area (Å²) in [6.45, 7) is 7.26. The van der Waals surface area contributed by atoms with E-state index in [0.29, 0.717) is 43.6 Å². The highest BCUT2D eigenvalue weighted by molar-refractivity contribution is 6.03. The monoisotopic (exact) mass is 450 g/mol. The minimum atomic E-state index is -0.675. The Morgan fingerprint density at radius 1 is 0.906 bits per heavy atom. The zero-order chi connectivity index (χ0) is 23.1. The molecule has 10 nitrogen and oxygen atoms in total. The van der Waals surface area contributed by atoms with Gasteiger partial charge in [0.25, 0.3) is 0 Å². The Morgan fingerprint density at radius 3 is 2.09 bits per heavy atom. The molecular formula is C22H30N2O8. The van der Waals surface area contributed by atoms with Crippen LogP contribution in [0.1, 0.15) is 13.8 Å². The Morgan fingerprint density at radius 2 is 1.50 bits per heavy atom. The predicted molar refractivity (Wildman–Crippen MR) is 116 cm³/mol. The third-order valence-corrected chi connectivity index (χ3v) is 5.12. The van der Waals surface area contributed by atoms with Gasteiger partial charge in [-0.3, -0.25) is 0 Å². The summed E-state index contributed by atoms with van der Waals surface area (Å²) in [5.41, 5.74) is 1.52. The SMILES string of the molecule is CCOc1cc(N2COCC(C(=O)OC)=C2C(=O)OC)c(OCC)cc1N1CCOCC1. The lowest BCUT2D eigenvalue weighted by Gasteiger charge is -2.34. The van der Waals surface area contributed by atoms with E-state index in [1.165, 1.54) is 14.2 Å². The second-order valence-electron chi connectivity index (χ2n) is 6.97. The summed E-state index contributed by atoms with van der Waals surface area (Å²) in [7, 11) is 2.51. The van der Waals surface area contributed by atoms with E-state index >= 15 is 0 Å².